The third-order valence-corrected chi connectivity index (χ3v) is 2.03. The van der Waals surface area contributed by atoms with E-state index in [4.69, 9.17) is 0 Å². The summed E-state index contributed by atoms with van der Waals surface area (Å²) in [6.45, 7) is 8.85. The first-order valence-corrected chi connectivity index (χ1v) is 4.99. The van der Waals surface area contributed by atoms with Crippen LogP contribution in [0.5, 0.6) is 0 Å². The lowest BCUT2D eigenvalue weighted by atomic mass is 9.97. The first-order chi connectivity index (χ1) is 5.70. The fraction of sp³-hybridized carbons (Fsp3) is 0.667. The first kappa shape index (κ1) is 11.5. The van der Waals surface area contributed by atoms with Gasteiger partial charge in [-0.3, -0.25) is 0 Å². The van der Waals surface area contributed by atoms with Crippen molar-refractivity contribution in [2.24, 2.45) is 5.92 Å². The van der Waals surface area contributed by atoms with E-state index in [2.05, 4.69) is 45.9 Å². The summed E-state index contributed by atoms with van der Waals surface area (Å²) in [5.74, 6) is 0.844. The minimum atomic E-state index is 0.844. The van der Waals surface area contributed by atoms with Crippen molar-refractivity contribution in [3.63, 3.8) is 0 Å². The summed E-state index contributed by atoms with van der Waals surface area (Å²) in [6, 6.07) is 0. The minimum Gasteiger partial charge on any atom is -0.0877 e. The van der Waals surface area contributed by atoms with Crippen molar-refractivity contribution >= 4 is 0 Å². The van der Waals surface area contributed by atoms with Gasteiger partial charge in [-0.15, -0.1) is 0 Å². The quantitative estimate of drug-likeness (QED) is 0.533. The summed E-state index contributed by atoms with van der Waals surface area (Å²) in [4.78, 5) is 0. The van der Waals surface area contributed by atoms with Crippen LogP contribution in [0, 0.1) is 5.92 Å². The number of hydrogen-bond donors (Lipinski definition) is 0. The maximum absolute atomic E-state index is 2.33. The average molecular weight is 166 g/mol. The van der Waals surface area contributed by atoms with Crippen LogP contribution in [-0.4, -0.2) is 0 Å². The van der Waals surface area contributed by atoms with Gasteiger partial charge in [-0.05, 0) is 26.2 Å². The van der Waals surface area contributed by atoms with Crippen molar-refractivity contribution < 1.29 is 0 Å². The molecule has 0 aliphatic heterocycles. The van der Waals surface area contributed by atoms with Gasteiger partial charge in [0.15, 0.2) is 0 Å². The Hall–Kier alpha value is -0.520. The minimum absolute atomic E-state index is 0.844. The Morgan fingerprint density at radius 1 is 1.42 bits per heavy atom. The molecule has 0 fully saturated rings. The van der Waals surface area contributed by atoms with Gasteiger partial charge in [-0.1, -0.05) is 50.5 Å². The van der Waals surface area contributed by atoms with Crippen LogP contribution in [0.1, 0.15) is 47.0 Å². The van der Waals surface area contributed by atoms with Gasteiger partial charge >= 0.3 is 0 Å². The van der Waals surface area contributed by atoms with Crippen molar-refractivity contribution in [3.8, 4) is 0 Å². The molecular weight excluding hydrogens is 144 g/mol. The highest BCUT2D eigenvalue weighted by Crippen LogP contribution is 2.15. The Morgan fingerprint density at radius 3 is 2.58 bits per heavy atom. The molecule has 0 nitrogen and oxygen atoms in total. The predicted molar refractivity (Wildman–Crippen MR) is 57.3 cm³/mol. The normalized spacial score (nSPS) is 15.5. The molecule has 0 saturated carbocycles. The highest BCUT2D eigenvalue weighted by molar-refractivity contribution is 5.10. The molecule has 0 heterocycles. The maximum atomic E-state index is 2.33. The third-order valence-electron chi connectivity index (χ3n) is 2.03. The molecule has 0 aromatic carbocycles. The van der Waals surface area contributed by atoms with Gasteiger partial charge in [0.2, 0.25) is 0 Å². The van der Waals surface area contributed by atoms with E-state index in [1.54, 1.807) is 0 Å². The molecule has 0 aromatic rings. The Morgan fingerprint density at radius 2 is 2.08 bits per heavy atom. The average Bonchev–Trinajstić information content (AvgIpc) is 2.01. The van der Waals surface area contributed by atoms with E-state index in [0.717, 1.165) is 5.92 Å². The Balaban J connectivity index is 3.74. The van der Waals surface area contributed by atoms with E-state index in [1.807, 2.05) is 0 Å². The number of allylic oxidation sites excluding steroid dienone is 4. The standard InChI is InChI=1S/C12H22/c1-5-7-9-12(4)10-11(3)8-6-2/h5,7,9,11H,6,8,10H2,1-4H3. The zero-order chi connectivity index (χ0) is 9.40. The van der Waals surface area contributed by atoms with E-state index >= 15 is 0 Å². The molecule has 0 aliphatic carbocycles. The SMILES string of the molecule is CC=CC=C(C)CC(C)CCC. The summed E-state index contributed by atoms with van der Waals surface area (Å²) in [6.07, 6.45) is 10.3. The molecule has 0 radical (unpaired) electrons. The molecule has 0 rings (SSSR count). The van der Waals surface area contributed by atoms with Crippen LogP contribution in [0.15, 0.2) is 23.8 Å². The van der Waals surface area contributed by atoms with Crippen molar-refractivity contribution in [1.29, 1.82) is 0 Å². The van der Waals surface area contributed by atoms with Crippen LogP contribution in [0.25, 0.3) is 0 Å². The molecule has 0 heteroatoms. The maximum Gasteiger partial charge on any atom is -0.0294 e. The molecule has 0 spiro atoms. The van der Waals surface area contributed by atoms with E-state index in [0.29, 0.717) is 0 Å². The fourth-order valence-corrected chi connectivity index (χ4v) is 1.47. The second-order valence-electron chi connectivity index (χ2n) is 3.64. The van der Waals surface area contributed by atoms with Crippen molar-refractivity contribution in [2.45, 2.75) is 47.0 Å². The number of hydrogen-bond acceptors (Lipinski definition) is 0. The van der Waals surface area contributed by atoms with Gasteiger partial charge < -0.3 is 0 Å². The van der Waals surface area contributed by atoms with E-state index in [1.165, 1.54) is 24.8 Å². The summed E-state index contributed by atoms with van der Waals surface area (Å²) in [5.41, 5.74) is 1.49. The Labute approximate surface area is 77.4 Å². The van der Waals surface area contributed by atoms with Crippen LogP contribution in [0.2, 0.25) is 0 Å². The van der Waals surface area contributed by atoms with E-state index < -0.39 is 0 Å². The summed E-state index contributed by atoms with van der Waals surface area (Å²) in [7, 11) is 0. The van der Waals surface area contributed by atoms with Gasteiger partial charge in [0.1, 0.15) is 0 Å². The third kappa shape index (κ3) is 6.21. The van der Waals surface area contributed by atoms with Gasteiger partial charge in [-0.25, -0.2) is 0 Å². The molecule has 1 unspecified atom stereocenters. The lowest BCUT2D eigenvalue weighted by Crippen LogP contribution is -1.94. The Kier molecular flexibility index (Phi) is 6.84. The molecular formula is C12H22. The van der Waals surface area contributed by atoms with Gasteiger partial charge in [0.25, 0.3) is 0 Å². The molecule has 0 amide bonds. The van der Waals surface area contributed by atoms with Crippen LogP contribution in [-0.2, 0) is 0 Å². The van der Waals surface area contributed by atoms with E-state index in [9.17, 15) is 0 Å². The second kappa shape index (κ2) is 7.15. The Bertz CT molecular complexity index is 151. The predicted octanol–water partition coefficient (Wildman–Crippen LogP) is 4.34. The van der Waals surface area contributed by atoms with Gasteiger partial charge in [-0.2, -0.15) is 0 Å². The second-order valence-corrected chi connectivity index (χ2v) is 3.64. The zero-order valence-electron chi connectivity index (χ0n) is 8.93. The van der Waals surface area contributed by atoms with Crippen LogP contribution in [0.3, 0.4) is 0 Å². The monoisotopic (exact) mass is 166 g/mol. The van der Waals surface area contributed by atoms with Crippen molar-refractivity contribution in [2.75, 3.05) is 0 Å². The topological polar surface area (TPSA) is 0 Å². The smallest absolute Gasteiger partial charge is 0.0294 e. The molecule has 0 saturated heterocycles. The summed E-state index contributed by atoms with van der Waals surface area (Å²) < 4.78 is 0. The molecule has 0 N–H and O–H groups in total. The van der Waals surface area contributed by atoms with Gasteiger partial charge in [0.05, 0.1) is 0 Å². The van der Waals surface area contributed by atoms with Crippen molar-refractivity contribution in [3.05, 3.63) is 23.8 Å². The lowest BCUT2D eigenvalue weighted by Gasteiger charge is -2.09. The molecule has 70 valence electrons. The van der Waals surface area contributed by atoms with Gasteiger partial charge in [0, 0.05) is 0 Å². The van der Waals surface area contributed by atoms with Crippen molar-refractivity contribution in [1.82, 2.24) is 0 Å². The highest BCUT2D eigenvalue weighted by atomic mass is 14.1. The molecule has 1 atom stereocenters. The molecule has 0 aromatic heterocycles. The number of rotatable bonds is 5. The van der Waals surface area contributed by atoms with Crippen LogP contribution >= 0.6 is 0 Å². The zero-order valence-corrected chi connectivity index (χ0v) is 8.93. The fourth-order valence-electron chi connectivity index (χ4n) is 1.47. The highest BCUT2D eigenvalue weighted by Gasteiger charge is 1.99. The van der Waals surface area contributed by atoms with Crippen LogP contribution in [0.4, 0.5) is 0 Å². The molecule has 12 heavy (non-hydrogen) atoms. The van der Waals surface area contributed by atoms with E-state index in [-0.39, 0.29) is 0 Å². The summed E-state index contributed by atoms with van der Waals surface area (Å²) in [5, 5.41) is 0. The summed E-state index contributed by atoms with van der Waals surface area (Å²) >= 11 is 0. The molecule has 0 bridgehead atoms. The largest absolute Gasteiger partial charge is 0.0877 e. The lowest BCUT2D eigenvalue weighted by molar-refractivity contribution is 0.520. The van der Waals surface area contributed by atoms with Crippen LogP contribution < -0.4 is 0 Å². The molecule has 0 aliphatic rings. The first-order valence-electron chi connectivity index (χ1n) is 4.99.